The molecule has 0 fully saturated rings. The number of aryl methyl sites for hydroxylation is 3. The number of hydrogen-bond donors (Lipinski definition) is 2. The van der Waals surface area contributed by atoms with Crippen molar-refractivity contribution >= 4 is 5.84 Å². The van der Waals surface area contributed by atoms with Crippen LogP contribution in [0.15, 0.2) is 17.1 Å². The maximum Gasteiger partial charge on any atom is 0.142 e. The van der Waals surface area contributed by atoms with Crippen LogP contribution in [0.3, 0.4) is 0 Å². The van der Waals surface area contributed by atoms with Crippen LogP contribution in [0.2, 0.25) is 0 Å². The first-order chi connectivity index (χ1) is 6.60. The molecule has 0 radical (unpaired) electrons. The highest BCUT2D eigenvalue weighted by Gasteiger charge is 2.08. The van der Waals surface area contributed by atoms with E-state index >= 15 is 0 Å². The SMILES string of the molecule is CN=C(NN)c1c(C)cc(C)cc1C. The molecule has 3 N–H and O–H groups in total. The Morgan fingerprint density at radius 2 is 1.71 bits per heavy atom. The lowest BCUT2D eigenvalue weighted by molar-refractivity contribution is 1.01. The normalized spacial score (nSPS) is 11.6. The Bertz CT molecular complexity index is 344. The van der Waals surface area contributed by atoms with E-state index in [2.05, 4.69) is 43.3 Å². The van der Waals surface area contributed by atoms with Gasteiger partial charge < -0.3 is 5.43 Å². The number of nitrogens with zero attached hydrogens (tertiary/aromatic N) is 1. The monoisotopic (exact) mass is 191 g/mol. The summed E-state index contributed by atoms with van der Waals surface area (Å²) in [7, 11) is 1.73. The second-order valence-electron chi connectivity index (χ2n) is 3.49. The van der Waals surface area contributed by atoms with Crippen LogP contribution in [-0.2, 0) is 0 Å². The van der Waals surface area contributed by atoms with Gasteiger partial charge in [0.1, 0.15) is 5.84 Å². The maximum absolute atomic E-state index is 5.41. The van der Waals surface area contributed by atoms with Crippen molar-refractivity contribution in [3.05, 3.63) is 34.4 Å². The number of nitrogens with one attached hydrogen (secondary N) is 1. The van der Waals surface area contributed by atoms with Gasteiger partial charge in [-0.3, -0.25) is 4.99 Å². The van der Waals surface area contributed by atoms with E-state index < -0.39 is 0 Å². The van der Waals surface area contributed by atoms with E-state index in [1.807, 2.05) is 0 Å². The van der Waals surface area contributed by atoms with E-state index in [0.717, 1.165) is 11.4 Å². The van der Waals surface area contributed by atoms with Gasteiger partial charge in [0.25, 0.3) is 0 Å². The summed E-state index contributed by atoms with van der Waals surface area (Å²) < 4.78 is 0. The molecule has 0 spiro atoms. The number of hydrogen-bond acceptors (Lipinski definition) is 2. The van der Waals surface area contributed by atoms with Crippen LogP contribution < -0.4 is 11.3 Å². The van der Waals surface area contributed by atoms with Crippen molar-refractivity contribution in [2.45, 2.75) is 20.8 Å². The predicted octanol–water partition coefficient (Wildman–Crippen LogP) is 1.45. The maximum atomic E-state index is 5.41. The summed E-state index contributed by atoms with van der Waals surface area (Å²) in [6.45, 7) is 6.22. The van der Waals surface area contributed by atoms with Crippen molar-refractivity contribution in [3.8, 4) is 0 Å². The zero-order valence-corrected chi connectivity index (χ0v) is 9.18. The molecule has 0 aliphatic rings. The zero-order chi connectivity index (χ0) is 10.7. The molecule has 0 unspecified atom stereocenters. The lowest BCUT2D eigenvalue weighted by atomic mass is 9.99. The molecule has 1 aromatic carbocycles. The summed E-state index contributed by atoms with van der Waals surface area (Å²) in [5.41, 5.74) is 7.37. The molecule has 3 nitrogen and oxygen atoms in total. The van der Waals surface area contributed by atoms with Gasteiger partial charge in [0, 0.05) is 12.6 Å². The van der Waals surface area contributed by atoms with Crippen molar-refractivity contribution in [1.29, 1.82) is 0 Å². The summed E-state index contributed by atoms with van der Waals surface area (Å²) >= 11 is 0. The first kappa shape index (κ1) is 10.7. The fraction of sp³-hybridized carbons (Fsp3) is 0.364. The highest BCUT2D eigenvalue weighted by Crippen LogP contribution is 2.16. The molecule has 0 aliphatic heterocycles. The predicted molar refractivity (Wildman–Crippen MR) is 60.4 cm³/mol. The van der Waals surface area contributed by atoms with Crippen molar-refractivity contribution in [3.63, 3.8) is 0 Å². The molecule has 1 aromatic rings. The summed E-state index contributed by atoms with van der Waals surface area (Å²) in [6, 6.07) is 4.26. The summed E-state index contributed by atoms with van der Waals surface area (Å²) in [5.74, 6) is 6.15. The van der Waals surface area contributed by atoms with Gasteiger partial charge >= 0.3 is 0 Å². The summed E-state index contributed by atoms with van der Waals surface area (Å²) in [5, 5.41) is 0. The van der Waals surface area contributed by atoms with E-state index in [-0.39, 0.29) is 0 Å². The molecule has 14 heavy (non-hydrogen) atoms. The van der Waals surface area contributed by atoms with E-state index in [1.54, 1.807) is 7.05 Å². The van der Waals surface area contributed by atoms with Gasteiger partial charge in [-0.25, -0.2) is 5.84 Å². The summed E-state index contributed by atoms with van der Waals surface area (Å²) in [4.78, 5) is 4.11. The molecule has 0 atom stereocenters. The smallest absolute Gasteiger partial charge is 0.142 e. The Morgan fingerprint density at radius 1 is 1.21 bits per heavy atom. The Kier molecular flexibility index (Phi) is 3.25. The minimum absolute atomic E-state index is 0.736. The Morgan fingerprint density at radius 3 is 2.07 bits per heavy atom. The second kappa shape index (κ2) is 4.24. The largest absolute Gasteiger partial charge is 0.308 e. The molecule has 0 saturated carbocycles. The first-order valence-electron chi connectivity index (χ1n) is 4.61. The molecule has 0 aromatic heterocycles. The van der Waals surface area contributed by atoms with Crippen molar-refractivity contribution in [1.82, 2.24) is 5.43 Å². The van der Waals surface area contributed by atoms with Crippen LogP contribution in [-0.4, -0.2) is 12.9 Å². The fourth-order valence-corrected chi connectivity index (χ4v) is 1.80. The van der Waals surface area contributed by atoms with Crippen molar-refractivity contribution < 1.29 is 0 Å². The quantitative estimate of drug-likeness (QED) is 0.305. The van der Waals surface area contributed by atoms with Crippen molar-refractivity contribution in [2.75, 3.05) is 7.05 Å². The van der Waals surface area contributed by atoms with Gasteiger partial charge in [0.05, 0.1) is 0 Å². The van der Waals surface area contributed by atoms with Gasteiger partial charge in [0.2, 0.25) is 0 Å². The Labute approximate surface area is 85.0 Å². The number of amidine groups is 1. The van der Waals surface area contributed by atoms with Crippen molar-refractivity contribution in [2.24, 2.45) is 10.8 Å². The fourth-order valence-electron chi connectivity index (χ4n) is 1.80. The molecule has 3 heteroatoms. The Balaban J connectivity index is 3.34. The van der Waals surface area contributed by atoms with E-state index in [4.69, 9.17) is 5.84 Å². The Hall–Kier alpha value is -1.35. The van der Waals surface area contributed by atoms with E-state index in [9.17, 15) is 0 Å². The van der Waals surface area contributed by atoms with Gasteiger partial charge in [-0.1, -0.05) is 17.7 Å². The van der Waals surface area contributed by atoms with Crippen LogP contribution in [0.5, 0.6) is 0 Å². The minimum atomic E-state index is 0.736. The molecule has 0 aliphatic carbocycles. The molecule has 0 heterocycles. The van der Waals surface area contributed by atoms with Gasteiger partial charge in [0.15, 0.2) is 0 Å². The van der Waals surface area contributed by atoms with Gasteiger partial charge in [-0.15, -0.1) is 0 Å². The molecule has 0 bridgehead atoms. The van der Waals surface area contributed by atoms with Crippen LogP contribution in [0.25, 0.3) is 0 Å². The van der Waals surface area contributed by atoms with Crippen LogP contribution in [0.4, 0.5) is 0 Å². The van der Waals surface area contributed by atoms with Crippen LogP contribution in [0, 0.1) is 20.8 Å². The van der Waals surface area contributed by atoms with Crippen LogP contribution >= 0.6 is 0 Å². The number of nitrogens with two attached hydrogens (primary N) is 1. The molecule has 0 saturated heterocycles. The molecule has 0 amide bonds. The standard InChI is InChI=1S/C11H17N3/c1-7-5-8(2)10(9(3)6-7)11(13-4)14-12/h5-6H,12H2,1-4H3,(H,13,14). The van der Waals surface area contributed by atoms with Crippen LogP contribution in [0.1, 0.15) is 22.3 Å². The zero-order valence-electron chi connectivity index (χ0n) is 9.18. The average Bonchev–Trinajstić information content (AvgIpc) is 2.10. The lowest BCUT2D eigenvalue weighted by Gasteiger charge is -2.12. The lowest BCUT2D eigenvalue weighted by Crippen LogP contribution is -2.32. The third-order valence-electron chi connectivity index (χ3n) is 2.27. The summed E-state index contributed by atoms with van der Waals surface area (Å²) in [6.07, 6.45) is 0. The molecule has 76 valence electrons. The number of aliphatic imine (C=N–C) groups is 1. The highest BCUT2D eigenvalue weighted by molar-refractivity contribution is 6.00. The molecular formula is C11H17N3. The average molecular weight is 191 g/mol. The van der Waals surface area contributed by atoms with E-state index in [1.165, 1.54) is 16.7 Å². The number of rotatable bonds is 1. The first-order valence-corrected chi connectivity index (χ1v) is 4.61. The molecule has 1 rings (SSSR count). The third kappa shape index (κ3) is 1.93. The minimum Gasteiger partial charge on any atom is -0.308 e. The highest BCUT2D eigenvalue weighted by atomic mass is 15.2. The van der Waals surface area contributed by atoms with E-state index in [0.29, 0.717) is 0 Å². The number of benzene rings is 1. The third-order valence-corrected chi connectivity index (χ3v) is 2.27. The topological polar surface area (TPSA) is 50.4 Å². The second-order valence-corrected chi connectivity index (χ2v) is 3.49. The molecular weight excluding hydrogens is 174 g/mol. The number of hydrazine groups is 1. The van der Waals surface area contributed by atoms with Gasteiger partial charge in [-0.2, -0.15) is 0 Å². The van der Waals surface area contributed by atoms with Gasteiger partial charge in [-0.05, 0) is 31.9 Å².